The van der Waals surface area contributed by atoms with Gasteiger partial charge in [0.1, 0.15) is 0 Å². The summed E-state index contributed by atoms with van der Waals surface area (Å²) in [5, 5.41) is 12.2. The van der Waals surface area contributed by atoms with Gasteiger partial charge in [-0.3, -0.25) is 0 Å². The van der Waals surface area contributed by atoms with Gasteiger partial charge in [0.05, 0.1) is 28.1 Å². The molecule has 3 nitrogen and oxygen atoms in total. The van der Waals surface area contributed by atoms with Crippen LogP contribution in [0.3, 0.4) is 0 Å². The lowest BCUT2D eigenvalue weighted by atomic mass is 9.97. The van der Waals surface area contributed by atoms with Crippen LogP contribution in [0.4, 0.5) is 0 Å². The predicted octanol–water partition coefficient (Wildman–Crippen LogP) is 13.2. The Bertz CT molecular complexity index is 3130. The minimum Gasteiger partial charge on any atom is -0.309 e. The summed E-state index contributed by atoms with van der Waals surface area (Å²) >= 11 is 0. The van der Waals surface area contributed by atoms with Crippen molar-refractivity contribution in [1.82, 2.24) is 14.5 Å². The molecule has 246 valence electrons. The van der Waals surface area contributed by atoms with E-state index >= 15 is 0 Å². The number of fused-ring (bicyclic) bond motifs is 9. The van der Waals surface area contributed by atoms with Crippen molar-refractivity contribution < 1.29 is 0 Å². The van der Waals surface area contributed by atoms with Gasteiger partial charge in [-0.15, -0.1) is 0 Å². The van der Waals surface area contributed by atoms with Crippen LogP contribution in [0.15, 0.2) is 188 Å². The van der Waals surface area contributed by atoms with Crippen molar-refractivity contribution in [2.45, 2.75) is 0 Å². The first-order valence-corrected chi connectivity index (χ1v) is 18.1. The fourth-order valence-corrected chi connectivity index (χ4v) is 8.40. The number of nitrogens with zero attached hydrogens (tertiary/aromatic N) is 3. The predicted molar refractivity (Wildman–Crippen MR) is 223 cm³/mol. The van der Waals surface area contributed by atoms with E-state index in [2.05, 4.69) is 174 Å². The van der Waals surface area contributed by atoms with Crippen molar-refractivity contribution in [1.29, 1.82) is 0 Å². The first-order valence-electron chi connectivity index (χ1n) is 18.1. The van der Waals surface area contributed by atoms with Gasteiger partial charge in [0, 0.05) is 32.8 Å². The fraction of sp³-hybridized carbons (Fsp3) is 0. The first-order chi connectivity index (χ1) is 26.3. The zero-order valence-electron chi connectivity index (χ0n) is 28.7. The summed E-state index contributed by atoms with van der Waals surface area (Å²) in [4.78, 5) is 10.5. The van der Waals surface area contributed by atoms with Gasteiger partial charge in [-0.05, 0) is 62.0 Å². The Morgan fingerprint density at radius 1 is 0.340 bits per heavy atom. The van der Waals surface area contributed by atoms with Crippen LogP contribution in [0.2, 0.25) is 0 Å². The molecule has 0 bridgehead atoms. The molecule has 0 spiro atoms. The Hall–Kier alpha value is -7.10. The molecule has 9 aromatic carbocycles. The second kappa shape index (κ2) is 11.7. The summed E-state index contributed by atoms with van der Waals surface area (Å²) in [7, 11) is 0. The van der Waals surface area contributed by atoms with Crippen LogP contribution in [0, 0.1) is 0 Å². The van der Waals surface area contributed by atoms with E-state index in [1.54, 1.807) is 0 Å². The van der Waals surface area contributed by atoms with Gasteiger partial charge in [-0.25, -0.2) is 9.97 Å². The Morgan fingerprint density at radius 2 is 0.830 bits per heavy atom. The van der Waals surface area contributed by atoms with Crippen LogP contribution in [0.25, 0.3) is 104 Å². The Labute approximate surface area is 306 Å². The SMILES string of the molecule is c1ccc(-c2nc(-c3cccc4ccccc34)cc(-c3ccc(-n4c5ccc6ccccc6c5c5c6ccccc6ccc54)c4ccccc34)n2)cc1. The molecule has 0 atom stereocenters. The molecule has 2 heterocycles. The second-order valence-electron chi connectivity index (χ2n) is 13.7. The summed E-state index contributed by atoms with van der Waals surface area (Å²) in [6, 6.07) is 67.3. The topological polar surface area (TPSA) is 30.7 Å². The zero-order valence-corrected chi connectivity index (χ0v) is 28.7. The van der Waals surface area contributed by atoms with E-state index in [4.69, 9.17) is 9.97 Å². The molecule has 0 radical (unpaired) electrons. The molecule has 0 saturated heterocycles. The maximum atomic E-state index is 5.27. The summed E-state index contributed by atoms with van der Waals surface area (Å²) in [6.07, 6.45) is 0. The van der Waals surface area contributed by atoms with Crippen molar-refractivity contribution in [3.05, 3.63) is 188 Å². The van der Waals surface area contributed by atoms with Crippen molar-refractivity contribution >= 4 is 64.9 Å². The van der Waals surface area contributed by atoms with Crippen molar-refractivity contribution in [2.24, 2.45) is 0 Å². The average Bonchev–Trinajstić information content (AvgIpc) is 3.58. The molecular weight excluding hydrogens is 643 g/mol. The quantitative estimate of drug-likeness (QED) is 0.186. The normalized spacial score (nSPS) is 11.8. The molecular formula is C50H31N3. The first kappa shape index (κ1) is 29.6. The third-order valence-electron chi connectivity index (χ3n) is 10.8. The molecule has 2 aromatic heterocycles. The lowest BCUT2D eigenvalue weighted by Crippen LogP contribution is -1.99. The Kier molecular flexibility index (Phi) is 6.55. The highest BCUT2D eigenvalue weighted by Crippen LogP contribution is 2.43. The fourth-order valence-electron chi connectivity index (χ4n) is 8.40. The summed E-state index contributed by atoms with van der Waals surface area (Å²) < 4.78 is 2.46. The van der Waals surface area contributed by atoms with Crippen LogP contribution in [-0.4, -0.2) is 14.5 Å². The van der Waals surface area contributed by atoms with Crippen molar-refractivity contribution in [3.8, 4) is 39.6 Å². The molecule has 0 saturated carbocycles. The van der Waals surface area contributed by atoms with E-state index in [9.17, 15) is 0 Å². The van der Waals surface area contributed by atoms with Crippen LogP contribution < -0.4 is 0 Å². The number of hydrogen-bond acceptors (Lipinski definition) is 2. The lowest BCUT2D eigenvalue weighted by molar-refractivity contribution is 1.18. The molecule has 0 aliphatic heterocycles. The zero-order chi connectivity index (χ0) is 34.9. The number of benzene rings is 9. The maximum absolute atomic E-state index is 5.27. The van der Waals surface area contributed by atoms with Gasteiger partial charge in [-0.2, -0.15) is 0 Å². The molecule has 0 unspecified atom stereocenters. The van der Waals surface area contributed by atoms with Gasteiger partial charge in [-0.1, -0.05) is 164 Å². The molecule has 3 heteroatoms. The molecule has 0 N–H and O–H groups in total. The van der Waals surface area contributed by atoms with E-state index in [1.165, 1.54) is 54.1 Å². The van der Waals surface area contributed by atoms with Crippen molar-refractivity contribution in [2.75, 3.05) is 0 Å². The molecule has 0 aliphatic rings. The number of hydrogen-bond donors (Lipinski definition) is 0. The molecule has 0 fully saturated rings. The smallest absolute Gasteiger partial charge is 0.160 e. The highest BCUT2D eigenvalue weighted by atomic mass is 15.0. The van der Waals surface area contributed by atoms with Crippen LogP contribution >= 0.6 is 0 Å². The van der Waals surface area contributed by atoms with Crippen LogP contribution in [0.5, 0.6) is 0 Å². The van der Waals surface area contributed by atoms with E-state index < -0.39 is 0 Å². The van der Waals surface area contributed by atoms with Gasteiger partial charge in [0.15, 0.2) is 5.82 Å². The highest BCUT2D eigenvalue weighted by molar-refractivity contribution is 6.29. The summed E-state index contributed by atoms with van der Waals surface area (Å²) in [5.41, 5.74) is 8.47. The minimum absolute atomic E-state index is 0.709. The van der Waals surface area contributed by atoms with E-state index in [-0.39, 0.29) is 0 Å². The van der Waals surface area contributed by atoms with E-state index in [0.717, 1.165) is 44.5 Å². The van der Waals surface area contributed by atoms with Crippen LogP contribution in [0.1, 0.15) is 0 Å². The molecule has 0 amide bonds. The van der Waals surface area contributed by atoms with Gasteiger partial charge < -0.3 is 4.57 Å². The lowest BCUT2D eigenvalue weighted by Gasteiger charge is -2.16. The summed E-state index contributed by atoms with van der Waals surface area (Å²) in [5.74, 6) is 0.709. The summed E-state index contributed by atoms with van der Waals surface area (Å²) in [6.45, 7) is 0. The van der Waals surface area contributed by atoms with E-state index in [1.807, 2.05) is 18.2 Å². The van der Waals surface area contributed by atoms with Gasteiger partial charge in [0.25, 0.3) is 0 Å². The Balaban J connectivity index is 1.20. The third kappa shape index (κ3) is 4.61. The average molecular weight is 674 g/mol. The monoisotopic (exact) mass is 673 g/mol. The minimum atomic E-state index is 0.709. The van der Waals surface area contributed by atoms with Gasteiger partial charge in [0.2, 0.25) is 0 Å². The highest BCUT2D eigenvalue weighted by Gasteiger charge is 2.20. The van der Waals surface area contributed by atoms with Crippen LogP contribution in [-0.2, 0) is 0 Å². The standard InChI is InChI=1S/C50H31N3/c1-2-16-35(17-3-1)50-51-43(40-24-12-18-32-13-4-7-19-36(32)40)31-44(52-50)41-27-30-45(42-23-11-10-22-39(41)42)53-46-28-25-33-14-5-8-20-37(33)48(46)49-38-21-9-6-15-34(38)26-29-47(49)53/h1-31H. The number of rotatable bonds is 4. The largest absolute Gasteiger partial charge is 0.309 e. The number of aromatic nitrogens is 3. The maximum Gasteiger partial charge on any atom is 0.160 e. The van der Waals surface area contributed by atoms with Crippen molar-refractivity contribution in [3.63, 3.8) is 0 Å². The van der Waals surface area contributed by atoms with E-state index in [0.29, 0.717) is 5.82 Å². The molecule has 11 aromatic rings. The Morgan fingerprint density at radius 3 is 1.47 bits per heavy atom. The molecule has 11 rings (SSSR count). The third-order valence-corrected chi connectivity index (χ3v) is 10.8. The molecule has 53 heavy (non-hydrogen) atoms. The molecule has 0 aliphatic carbocycles. The van der Waals surface area contributed by atoms with Gasteiger partial charge >= 0.3 is 0 Å². The second-order valence-corrected chi connectivity index (χ2v) is 13.7.